The second-order valence-corrected chi connectivity index (χ2v) is 18.3. The van der Waals surface area contributed by atoms with Crippen LogP contribution in [-0.4, -0.2) is 68.2 Å². The lowest BCUT2D eigenvalue weighted by atomic mass is 9.76. The average Bonchev–Trinajstić information content (AvgIpc) is 2.61. The number of benzene rings is 1. The first-order chi connectivity index (χ1) is 13.1. The SMILES string of the molecule is CO[C@H]1O[C@@H]2COB(c3ccccc3)O[C@@H]2[C@H](O[Si](C)(C)C)[C@H]1O[Si](C)(C)C. The van der Waals surface area contributed by atoms with Crippen LogP contribution in [0.2, 0.25) is 39.3 Å². The van der Waals surface area contributed by atoms with Crippen LogP contribution in [0.4, 0.5) is 0 Å². The van der Waals surface area contributed by atoms with E-state index in [0.29, 0.717) is 6.61 Å². The number of hydrogen-bond donors (Lipinski definition) is 0. The van der Waals surface area contributed by atoms with Gasteiger partial charge in [0.2, 0.25) is 0 Å². The van der Waals surface area contributed by atoms with Gasteiger partial charge in [-0.05, 0) is 44.7 Å². The number of rotatable bonds is 6. The van der Waals surface area contributed by atoms with Gasteiger partial charge >= 0.3 is 7.12 Å². The highest BCUT2D eigenvalue weighted by atomic mass is 28.4. The first kappa shape index (κ1) is 22.2. The third-order valence-corrected chi connectivity index (χ3v) is 6.53. The minimum atomic E-state index is -1.88. The summed E-state index contributed by atoms with van der Waals surface area (Å²) < 4.78 is 37.3. The standard InChI is InChI=1S/C19H33BO6Si2/c1-21-19-18(26-28(5,6)7)17(25-27(2,3)4)16-15(23-19)13-22-20(24-16)14-11-9-8-10-12-14/h8-12,15-19H,13H2,1-7H3/t15-,16+,17+,18-,19+/m1/s1. The van der Waals surface area contributed by atoms with Gasteiger partial charge in [-0.25, -0.2) is 0 Å². The highest BCUT2D eigenvalue weighted by Crippen LogP contribution is 2.34. The van der Waals surface area contributed by atoms with E-state index in [9.17, 15) is 0 Å². The molecule has 0 radical (unpaired) electrons. The number of fused-ring (bicyclic) bond motifs is 1. The van der Waals surface area contributed by atoms with Crippen molar-refractivity contribution in [3.8, 4) is 0 Å². The Morgan fingerprint density at radius 1 is 0.929 bits per heavy atom. The molecule has 2 aliphatic rings. The molecule has 2 saturated heterocycles. The van der Waals surface area contributed by atoms with E-state index in [1.165, 1.54) is 0 Å². The fourth-order valence-electron chi connectivity index (χ4n) is 3.59. The summed E-state index contributed by atoms with van der Waals surface area (Å²) in [6.07, 6.45) is -1.64. The molecule has 0 spiro atoms. The summed E-state index contributed by atoms with van der Waals surface area (Å²) in [5.74, 6) is 0. The second-order valence-electron chi connectivity index (χ2n) is 9.34. The van der Waals surface area contributed by atoms with E-state index in [1.807, 2.05) is 30.3 Å². The largest absolute Gasteiger partial charge is 0.494 e. The van der Waals surface area contributed by atoms with E-state index in [4.69, 9.17) is 27.6 Å². The summed E-state index contributed by atoms with van der Waals surface area (Å²) in [6.45, 7) is 13.4. The third kappa shape index (κ3) is 5.54. The molecule has 2 fully saturated rings. The third-order valence-electron chi connectivity index (χ3n) is 4.57. The molecule has 0 bridgehead atoms. The summed E-state index contributed by atoms with van der Waals surface area (Å²) in [5, 5.41) is 0. The molecule has 0 unspecified atom stereocenters. The van der Waals surface area contributed by atoms with Crippen LogP contribution >= 0.6 is 0 Å². The van der Waals surface area contributed by atoms with E-state index in [-0.39, 0.29) is 24.4 Å². The number of methoxy groups -OCH3 is 1. The van der Waals surface area contributed by atoms with Gasteiger partial charge < -0.3 is 27.6 Å². The van der Waals surface area contributed by atoms with Gasteiger partial charge in [-0.15, -0.1) is 0 Å². The fourth-order valence-corrected chi connectivity index (χ4v) is 5.74. The Morgan fingerprint density at radius 3 is 2.11 bits per heavy atom. The van der Waals surface area contributed by atoms with Crippen molar-refractivity contribution in [2.24, 2.45) is 0 Å². The molecular weight excluding hydrogens is 391 g/mol. The Morgan fingerprint density at radius 2 is 1.54 bits per heavy atom. The predicted molar refractivity (Wildman–Crippen MR) is 115 cm³/mol. The Labute approximate surface area is 171 Å². The topological polar surface area (TPSA) is 55.4 Å². The summed E-state index contributed by atoms with van der Waals surface area (Å²) in [5.41, 5.74) is 0.990. The molecule has 0 aliphatic carbocycles. The normalized spacial score (nSPS) is 31.5. The van der Waals surface area contributed by atoms with Gasteiger partial charge in [-0.3, -0.25) is 0 Å². The lowest BCUT2D eigenvalue weighted by molar-refractivity contribution is -0.291. The Hall–Kier alpha value is -0.521. The van der Waals surface area contributed by atoms with Crippen molar-refractivity contribution in [1.29, 1.82) is 0 Å². The molecule has 3 rings (SSSR count). The molecule has 9 heteroatoms. The first-order valence-electron chi connectivity index (χ1n) is 9.93. The van der Waals surface area contributed by atoms with Gasteiger partial charge in [0, 0.05) is 7.11 Å². The van der Waals surface area contributed by atoms with Crippen molar-refractivity contribution >= 4 is 29.2 Å². The highest BCUT2D eigenvalue weighted by Gasteiger charge is 2.53. The molecule has 1 aromatic carbocycles. The molecule has 0 N–H and O–H groups in total. The van der Waals surface area contributed by atoms with Crippen molar-refractivity contribution in [2.75, 3.05) is 13.7 Å². The van der Waals surface area contributed by atoms with Crippen molar-refractivity contribution in [1.82, 2.24) is 0 Å². The zero-order valence-electron chi connectivity index (χ0n) is 18.0. The van der Waals surface area contributed by atoms with Crippen LogP contribution in [0.1, 0.15) is 0 Å². The van der Waals surface area contributed by atoms with E-state index in [0.717, 1.165) is 5.46 Å². The fraction of sp³-hybridized carbons (Fsp3) is 0.684. The average molecular weight is 424 g/mol. The highest BCUT2D eigenvalue weighted by molar-refractivity contribution is 6.70. The number of hydrogen-bond acceptors (Lipinski definition) is 6. The van der Waals surface area contributed by atoms with Gasteiger partial charge in [0.1, 0.15) is 18.3 Å². The maximum Gasteiger partial charge on any atom is 0.494 e. The van der Waals surface area contributed by atoms with Crippen molar-refractivity contribution in [3.05, 3.63) is 30.3 Å². The molecular formula is C19H33BO6Si2. The van der Waals surface area contributed by atoms with E-state index >= 15 is 0 Å². The Bertz CT molecular complexity index is 636. The first-order valence-corrected chi connectivity index (χ1v) is 16.7. The van der Waals surface area contributed by atoms with Crippen LogP contribution in [0.3, 0.4) is 0 Å². The lowest BCUT2D eigenvalue weighted by Crippen LogP contribution is -2.68. The number of ether oxygens (including phenoxy) is 2. The molecule has 5 atom stereocenters. The van der Waals surface area contributed by atoms with Crippen molar-refractivity contribution in [2.45, 2.75) is 70.0 Å². The molecule has 156 valence electrons. The van der Waals surface area contributed by atoms with Crippen LogP contribution in [0.15, 0.2) is 30.3 Å². The van der Waals surface area contributed by atoms with Crippen LogP contribution in [0.5, 0.6) is 0 Å². The summed E-state index contributed by atoms with van der Waals surface area (Å²) in [6, 6.07) is 9.98. The quantitative estimate of drug-likeness (QED) is 0.655. The summed E-state index contributed by atoms with van der Waals surface area (Å²) >= 11 is 0. The molecule has 0 saturated carbocycles. The maximum atomic E-state index is 6.62. The molecule has 28 heavy (non-hydrogen) atoms. The van der Waals surface area contributed by atoms with Gasteiger partial charge in [-0.2, -0.15) is 0 Å². The zero-order chi connectivity index (χ0) is 20.5. The van der Waals surface area contributed by atoms with Gasteiger partial charge in [0.25, 0.3) is 0 Å². The molecule has 0 amide bonds. The van der Waals surface area contributed by atoms with E-state index in [2.05, 4.69) is 39.3 Å². The maximum absolute atomic E-state index is 6.62. The zero-order valence-corrected chi connectivity index (χ0v) is 20.0. The molecule has 0 aromatic heterocycles. The Balaban J connectivity index is 1.89. The van der Waals surface area contributed by atoms with E-state index in [1.54, 1.807) is 7.11 Å². The van der Waals surface area contributed by atoms with E-state index < -0.39 is 30.0 Å². The van der Waals surface area contributed by atoms with Gasteiger partial charge in [0.05, 0.1) is 12.7 Å². The smallest absolute Gasteiger partial charge is 0.409 e. The minimum Gasteiger partial charge on any atom is -0.409 e. The Kier molecular flexibility index (Phi) is 6.88. The summed E-state index contributed by atoms with van der Waals surface area (Å²) in [4.78, 5) is 0. The molecule has 2 heterocycles. The van der Waals surface area contributed by atoms with Crippen molar-refractivity contribution in [3.63, 3.8) is 0 Å². The minimum absolute atomic E-state index is 0.257. The van der Waals surface area contributed by atoms with Gasteiger partial charge in [-0.1, -0.05) is 30.3 Å². The second kappa shape index (κ2) is 8.69. The van der Waals surface area contributed by atoms with Crippen LogP contribution in [0.25, 0.3) is 0 Å². The predicted octanol–water partition coefficient (Wildman–Crippen LogP) is 2.61. The molecule has 6 nitrogen and oxygen atoms in total. The van der Waals surface area contributed by atoms with Gasteiger partial charge in [0.15, 0.2) is 22.9 Å². The van der Waals surface area contributed by atoms with Crippen molar-refractivity contribution < 1.29 is 27.6 Å². The summed E-state index contributed by atoms with van der Waals surface area (Å²) in [7, 11) is -2.54. The van der Waals surface area contributed by atoms with Crippen LogP contribution in [-0.2, 0) is 27.6 Å². The van der Waals surface area contributed by atoms with Crippen LogP contribution in [0, 0.1) is 0 Å². The molecule has 1 aromatic rings. The monoisotopic (exact) mass is 424 g/mol. The lowest BCUT2D eigenvalue weighted by Gasteiger charge is -2.51. The molecule has 2 aliphatic heterocycles. The van der Waals surface area contributed by atoms with Crippen LogP contribution < -0.4 is 5.46 Å².